The molecule has 1 saturated carbocycles. The van der Waals surface area contributed by atoms with Gasteiger partial charge in [-0.1, -0.05) is 6.07 Å². The number of aromatic nitrogens is 1. The maximum atomic E-state index is 12.7. The number of nitrogens with zero attached hydrogens (tertiary/aromatic N) is 1. The highest BCUT2D eigenvalue weighted by atomic mass is 19.3. The molecule has 140 valence electrons. The molecule has 6 nitrogen and oxygen atoms in total. The average Bonchev–Trinajstić information content (AvgIpc) is 3.41. The lowest BCUT2D eigenvalue weighted by molar-refractivity contribution is -0.0515. The topological polar surface area (TPSA) is 73.6 Å². The van der Waals surface area contributed by atoms with E-state index in [1.165, 1.54) is 25.3 Å². The maximum absolute atomic E-state index is 12.7. The number of rotatable bonds is 6. The van der Waals surface area contributed by atoms with E-state index in [9.17, 15) is 13.6 Å². The molecule has 0 unspecified atom stereocenters. The molecular weight excluding hydrogens is 358 g/mol. The fraction of sp³-hybridized carbons (Fsp3) is 0.263. The third-order valence-corrected chi connectivity index (χ3v) is 4.24. The summed E-state index contributed by atoms with van der Waals surface area (Å²) in [5, 5.41) is 2.67. The summed E-state index contributed by atoms with van der Waals surface area (Å²) in [5.41, 5.74) is 1.67. The first-order valence-corrected chi connectivity index (χ1v) is 8.39. The molecule has 0 spiro atoms. The summed E-state index contributed by atoms with van der Waals surface area (Å²) in [4.78, 5) is 17.0. The van der Waals surface area contributed by atoms with Crippen LogP contribution in [-0.2, 0) is 0 Å². The fourth-order valence-corrected chi connectivity index (χ4v) is 2.79. The Labute approximate surface area is 153 Å². The van der Waals surface area contributed by atoms with Crippen LogP contribution in [0.2, 0.25) is 0 Å². The Morgan fingerprint density at radius 3 is 2.81 bits per heavy atom. The van der Waals surface area contributed by atoms with E-state index in [1.54, 1.807) is 18.2 Å². The van der Waals surface area contributed by atoms with Crippen molar-refractivity contribution in [3.8, 4) is 11.5 Å². The quantitative estimate of drug-likeness (QED) is 0.684. The van der Waals surface area contributed by atoms with E-state index >= 15 is 0 Å². The van der Waals surface area contributed by atoms with Gasteiger partial charge in [-0.15, -0.1) is 0 Å². The fourth-order valence-electron chi connectivity index (χ4n) is 2.79. The molecule has 0 radical (unpaired) electrons. The molecule has 27 heavy (non-hydrogen) atoms. The highest BCUT2D eigenvalue weighted by molar-refractivity contribution is 6.07. The molecule has 1 amide bonds. The standard InChI is InChI=1S/C19H16F2N2O4/c1-25-15-4-2-3-12(16(15)27-19(20)21)17(24)22-11-7-8-14-13(9-11)23-18(26-14)10-5-6-10/h2-4,7-10,19H,5-6H2,1H3,(H,22,24). The predicted molar refractivity (Wildman–Crippen MR) is 93.6 cm³/mol. The highest BCUT2D eigenvalue weighted by Gasteiger charge is 2.29. The number of hydrogen-bond donors (Lipinski definition) is 1. The number of hydrogen-bond acceptors (Lipinski definition) is 5. The second kappa shape index (κ2) is 6.86. The van der Waals surface area contributed by atoms with Crippen molar-refractivity contribution < 1.29 is 27.5 Å². The van der Waals surface area contributed by atoms with E-state index in [-0.39, 0.29) is 17.1 Å². The van der Waals surface area contributed by atoms with Crippen molar-refractivity contribution in [3.05, 3.63) is 47.9 Å². The molecule has 0 bridgehead atoms. The molecule has 1 N–H and O–H groups in total. The van der Waals surface area contributed by atoms with E-state index < -0.39 is 12.5 Å². The summed E-state index contributed by atoms with van der Waals surface area (Å²) >= 11 is 0. The number of halogens is 2. The van der Waals surface area contributed by atoms with Crippen molar-refractivity contribution in [2.24, 2.45) is 0 Å². The highest BCUT2D eigenvalue weighted by Crippen LogP contribution is 2.40. The van der Waals surface area contributed by atoms with Crippen molar-refractivity contribution in [3.63, 3.8) is 0 Å². The molecule has 0 saturated heterocycles. The van der Waals surface area contributed by atoms with Crippen molar-refractivity contribution >= 4 is 22.7 Å². The zero-order chi connectivity index (χ0) is 19.0. The van der Waals surface area contributed by atoms with Crippen LogP contribution in [0, 0.1) is 0 Å². The predicted octanol–water partition coefficient (Wildman–Crippen LogP) is 4.57. The third kappa shape index (κ3) is 3.55. The Balaban J connectivity index is 1.61. The lowest BCUT2D eigenvalue weighted by Gasteiger charge is -2.14. The van der Waals surface area contributed by atoms with Gasteiger partial charge < -0.3 is 19.2 Å². The normalized spacial score (nSPS) is 13.8. The van der Waals surface area contributed by atoms with Crippen LogP contribution in [0.4, 0.5) is 14.5 Å². The van der Waals surface area contributed by atoms with Crippen molar-refractivity contribution in [2.75, 3.05) is 12.4 Å². The van der Waals surface area contributed by atoms with Crippen LogP contribution in [0.3, 0.4) is 0 Å². The van der Waals surface area contributed by atoms with Crippen LogP contribution < -0.4 is 14.8 Å². The molecular formula is C19H16F2N2O4. The first-order valence-electron chi connectivity index (χ1n) is 8.39. The minimum Gasteiger partial charge on any atom is -0.493 e. The molecule has 1 fully saturated rings. The van der Waals surface area contributed by atoms with E-state index in [0.717, 1.165) is 12.8 Å². The lowest BCUT2D eigenvalue weighted by atomic mass is 10.1. The van der Waals surface area contributed by atoms with E-state index in [0.29, 0.717) is 28.6 Å². The number of para-hydroxylation sites is 1. The van der Waals surface area contributed by atoms with Crippen molar-refractivity contribution in [1.29, 1.82) is 0 Å². The van der Waals surface area contributed by atoms with Crippen LogP contribution in [0.5, 0.6) is 11.5 Å². The van der Waals surface area contributed by atoms with Gasteiger partial charge in [0.15, 0.2) is 23.0 Å². The SMILES string of the molecule is COc1cccc(C(=O)Nc2ccc3oc(C4CC4)nc3c2)c1OC(F)F. The summed E-state index contributed by atoms with van der Waals surface area (Å²) in [6.45, 7) is -3.08. The molecule has 3 aromatic rings. The largest absolute Gasteiger partial charge is 0.493 e. The first-order chi connectivity index (χ1) is 13.0. The van der Waals surface area contributed by atoms with Gasteiger partial charge in [0.1, 0.15) is 5.52 Å². The third-order valence-electron chi connectivity index (χ3n) is 4.24. The van der Waals surface area contributed by atoms with Crippen LogP contribution in [0.1, 0.15) is 35.0 Å². The number of oxazole rings is 1. The number of carbonyl (C=O) groups excluding carboxylic acids is 1. The number of amides is 1. The summed E-state index contributed by atoms with van der Waals surface area (Å²) in [6.07, 6.45) is 2.14. The lowest BCUT2D eigenvalue weighted by Crippen LogP contribution is -2.15. The summed E-state index contributed by atoms with van der Waals surface area (Å²) in [5.74, 6) is 0.208. The smallest absolute Gasteiger partial charge is 0.387 e. The molecule has 2 aromatic carbocycles. The van der Waals surface area contributed by atoms with Gasteiger partial charge in [0.05, 0.1) is 12.7 Å². The molecule has 0 aliphatic heterocycles. The monoisotopic (exact) mass is 374 g/mol. The second-order valence-corrected chi connectivity index (χ2v) is 6.18. The van der Waals surface area contributed by atoms with Gasteiger partial charge in [-0.3, -0.25) is 4.79 Å². The van der Waals surface area contributed by atoms with E-state index in [4.69, 9.17) is 9.15 Å². The Morgan fingerprint density at radius 1 is 1.30 bits per heavy atom. The summed E-state index contributed by atoms with van der Waals surface area (Å²) < 4.78 is 40.6. The average molecular weight is 374 g/mol. The van der Waals surface area contributed by atoms with Gasteiger partial charge in [0.2, 0.25) is 0 Å². The zero-order valence-electron chi connectivity index (χ0n) is 14.4. The molecule has 8 heteroatoms. The van der Waals surface area contributed by atoms with E-state index in [1.807, 2.05) is 0 Å². The number of ether oxygens (including phenoxy) is 2. The van der Waals surface area contributed by atoms with Gasteiger partial charge in [-0.2, -0.15) is 8.78 Å². The number of alkyl halides is 2. The van der Waals surface area contributed by atoms with Crippen molar-refractivity contribution in [2.45, 2.75) is 25.4 Å². The Kier molecular flexibility index (Phi) is 4.39. The van der Waals surface area contributed by atoms with Crippen LogP contribution in [0.15, 0.2) is 40.8 Å². The number of anilines is 1. The van der Waals surface area contributed by atoms with Crippen LogP contribution in [0.25, 0.3) is 11.1 Å². The number of nitrogens with one attached hydrogen (secondary N) is 1. The number of benzene rings is 2. The minimum atomic E-state index is -3.08. The minimum absolute atomic E-state index is 0.0454. The Hall–Kier alpha value is -3.16. The van der Waals surface area contributed by atoms with Crippen LogP contribution in [-0.4, -0.2) is 24.6 Å². The van der Waals surface area contributed by atoms with Gasteiger partial charge in [0.25, 0.3) is 5.91 Å². The Morgan fingerprint density at radius 2 is 2.11 bits per heavy atom. The summed E-state index contributed by atoms with van der Waals surface area (Å²) in [6, 6.07) is 9.40. The molecule has 1 heterocycles. The molecule has 4 rings (SSSR count). The molecule has 1 aromatic heterocycles. The first kappa shape index (κ1) is 17.3. The maximum Gasteiger partial charge on any atom is 0.387 e. The summed E-state index contributed by atoms with van der Waals surface area (Å²) in [7, 11) is 1.31. The van der Waals surface area contributed by atoms with Gasteiger partial charge in [-0.05, 0) is 43.2 Å². The zero-order valence-corrected chi connectivity index (χ0v) is 14.4. The molecule has 1 aliphatic rings. The number of carbonyl (C=O) groups is 1. The van der Waals surface area contributed by atoms with Gasteiger partial charge >= 0.3 is 6.61 Å². The second-order valence-electron chi connectivity index (χ2n) is 6.18. The van der Waals surface area contributed by atoms with Gasteiger partial charge in [-0.25, -0.2) is 4.98 Å². The number of fused-ring (bicyclic) bond motifs is 1. The van der Waals surface area contributed by atoms with Crippen molar-refractivity contribution in [1.82, 2.24) is 4.98 Å². The number of methoxy groups -OCH3 is 1. The molecule has 1 aliphatic carbocycles. The Bertz CT molecular complexity index is 999. The van der Waals surface area contributed by atoms with E-state index in [2.05, 4.69) is 15.0 Å². The van der Waals surface area contributed by atoms with Gasteiger partial charge in [0, 0.05) is 11.6 Å². The molecule has 0 atom stereocenters. The van der Waals surface area contributed by atoms with Crippen LogP contribution >= 0.6 is 0 Å².